The number of fused-ring (bicyclic) bond motifs is 1. The zero-order valence-corrected chi connectivity index (χ0v) is 15.5. The molecule has 0 bridgehead atoms. The van der Waals surface area contributed by atoms with Gasteiger partial charge in [0.25, 0.3) is 5.56 Å². The molecule has 0 spiro atoms. The third kappa shape index (κ3) is 3.75. The molecular formula is C20H18FN5O3. The Bertz CT molecular complexity index is 1310. The maximum absolute atomic E-state index is 13.1. The van der Waals surface area contributed by atoms with Crippen molar-refractivity contribution in [2.45, 2.75) is 19.8 Å². The van der Waals surface area contributed by atoms with Crippen molar-refractivity contribution in [1.82, 2.24) is 19.7 Å². The fraction of sp³-hybridized carbons (Fsp3) is 0.150. The maximum atomic E-state index is 13.1. The molecule has 4 rings (SSSR count). The summed E-state index contributed by atoms with van der Waals surface area (Å²) in [6, 6.07) is 10.6. The van der Waals surface area contributed by atoms with Crippen molar-refractivity contribution in [3.05, 3.63) is 80.4 Å². The van der Waals surface area contributed by atoms with Gasteiger partial charge in [-0.15, -0.1) is 0 Å². The molecule has 9 heteroatoms. The number of hydrogen-bond acceptors (Lipinski definition) is 3. The molecule has 0 aliphatic rings. The molecule has 1 amide bonds. The lowest BCUT2D eigenvalue weighted by molar-refractivity contribution is -0.116. The first-order chi connectivity index (χ1) is 13.9. The Labute approximate surface area is 163 Å². The molecule has 8 nitrogen and oxygen atoms in total. The number of H-pyrrole nitrogens is 3. The Morgan fingerprint density at radius 3 is 2.55 bits per heavy atom. The summed E-state index contributed by atoms with van der Waals surface area (Å²) in [5.41, 5.74) is 2.87. The zero-order chi connectivity index (χ0) is 20.5. The normalized spacial score (nSPS) is 11.1. The van der Waals surface area contributed by atoms with Gasteiger partial charge in [0.2, 0.25) is 5.91 Å². The van der Waals surface area contributed by atoms with E-state index in [2.05, 4.69) is 20.4 Å². The van der Waals surface area contributed by atoms with Gasteiger partial charge in [0.15, 0.2) is 0 Å². The second-order valence-corrected chi connectivity index (χ2v) is 6.72. The van der Waals surface area contributed by atoms with Gasteiger partial charge in [0.05, 0.1) is 16.7 Å². The summed E-state index contributed by atoms with van der Waals surface area (Å²) in [4.78, 5) is 41.6. The van der Waals surface area contributed by atoms with Crippen molar-refractivity contribution in [3.8, 4) is 5.69 Å². The minimum absolute atomic E-state index is 0.110. The average molecular weight is 395 g/mol. The highest BCUT2D eigenvalue weighted by Gasteiger charge is 2.14. The van der Waals surface area contributed by atoms with E-state index in [0.29, 0.717) is 33.7 Å². The molecule has 0 saturated carbocycles. The van der Waals surface area contributed by atoms with Gasteiger partial charge in [-0.2, -0.15) is 0 Å². The van der Waals surface area contributed by atoms with Crippen molar-refractivity contribution in [3.63, 3.8) is 0 Å². The highest BCUT2D eigenvalue weighted by molar-refractivity contribution is 5.93. The molecule has 29 heavy (non-hydrogen) atoms. The van der Waals surface area contributed by atoms with Crippen LogP contribution in [0.2, 0.25) is 0 Å². The average Bonchev–Trinajstić information content (AvgIpc) is 3.19. The maximum Gasteiger partial charge on any atom is 0.323 e. The first-order valence-electron chi connectivity index (χ1n) is 8.99. The van der Waals surface area contributed by atoms with E-state index in [0.717, 1.165) is 0 Å². The van der Waals surface area contributed by atoms with Crippen LogP contribution in [-0.2, 0) is 11.2 Å². The van der Waals surface area contributed by atoms with Crippen LogP contribution in [0.1, 0.15) is 17.7 Å². The van der Waals surface area contributed by atoms with E-state index in [1.807, 2.05) is 0 Å². The van der Waals surface area contributed by atoms with Crippen molar-refractivity contribution >= 4 is 22.6 Å². The monoisotopic (exact) mass is 395 g/mol. The number of anilines is 1. The van der Waals surface area contributed by atoms with E-state index >= 15 is 0 Å². The number of aryl methyl sites for hydroxylation is 1. The van der Waals surface area contributed by atoms with Gasteiger partial charge >= 0.3 is 5.69 Å². The summed E-state index contributed by atoms with van der Waals surface area (Å²) in [6.45, 7) is 1.75. The number of benzene rings is 2. The lowest BCUT2D eigenvalue weighted by Gasteiger charge is -2.05. The minimum Gasteiger partial charge on any atom is -0.326 e. The largest absolute Gasteiger partial charge is 0.326 e. The minimum atomic E-state index is -0.385. The summed E-state index contributed by atoms with van der Waals surface area (Å²) < 4.78 is 14.4. The fourth-order valence-corrected chi connectivity index (χ4v) is 3.22. The number of carbonyl (C=O) groups is 1. The molecule has 2 heterocycles. The number of nitrogens with one attached hydrogen (secondary N) is 4. The number of aromatic amines is 3. The van der Waals surface area contributed by atoms with Crippen LogP contribution in [0.25, 0.3) is 16.7 Å². The SMILES string of the molecule is Cc1[nH]n(-c2ccc(F)cc2)c(=O)c1CCC(=O)Nc1ccc2[nH]c(=O)[nH]c2c1. The number of rotatable bonds is 5. The molecule has 0 aliphatic carbocycles. The van der Waals surface area contributed by atoms with Gasteiger partial charge in [-0.05, 0) is 55.8 Å². The molecule has 2 aromatic heterocycles. The Balaban J connectivity index is 1.46. The van der Waals surface area contributed by atoms with E-state index in [1.165, 1.54) is 28.9 Å². The van der Waals surface area contributed by atoms with Gasteiger partial charge in [0, 0.05) is 23.4 Å². The predicted octanol–water partition coefficient (Wildman–Crippen LogP) is 2.35. The summed E-state index contributed by atoms with van der Waals surface area (Å²) in [7, 11) is 0. The second kappa shape index (κ2) is 7.27. The van der Waals surface area contributed by atoms with E-state index < -0.39 is 0 Å². The summed E-state index contributed by atoms with van der Waals surface area (Å²) >= 11 is 0. The quantitative estimate of drug-likeness (QED) is 0.416. The predicted molar refractivity (Wildman–Crippen MR) is 107 cm³/mol. The topological polar surface area (TPSA) is 116 Å². The molecule has 0 atom stereocenters. The van der Waals surface area contributed by atoms with E-state index in [4.69, 9.17) is 0 Å². The van der Waals surface area contributed by atoms with Crippen molar-refractivity contribution in [1.29, 1.82) is 0 Å². The number of halogens is 1. The number of hydrogen-bond donors (Lipinski definition) is 4. The molecule has 0 aliphatic heterocycles. The van der Waals surface area contributed by atoms with Gasteiger partial charge in [-0.1, -0.05) is 0 Å². The standard InChI is InChI=1S/C20H18FN5O3/c1-11-15(19(28)26(25-11)14-5-2-12(21)3-6-14)7-9-18(27)22-13-4-8-16-17(10-13)24-20(29)23-16/h2-6,8,10,25H,7,9H2,1H3,(H,22,27)(H2,23,24,29). The number of carbonyl (C=O) groups excluding carboxylic acids is 1. The highest BCUT2D eigenvalue weighted by Crippen LogP contribution is 2.15. The molecule has 0 radical (unpaired) electrons. The first-order valence-corrected chi connectivity index (χ1v) is 8.99. The Hall–Kier alpha value is -3.88. The number of amides is 1. The smallest absolute Gasteiger partial charge is 0.323 e. The Kier molecular flexibility index (Phi) is 4.63. The Morgan fingerprint density at radius 2 is 1.79 bits per heavy atom. The molecule has 4 N–H and O–H groups in total. The Morgan fingerprint density at radius 1 is 1.07 bits per heavy atom. The summed E-state index contributed by atoms with van der Waals surface area (Å²) in [5, 5.41) is 5.72. The van der Waals surface area contributed by atoms with Crippen molar-refractivity contribution in [2.24, 2.45) is 0 Å². The van der Waals surface area contributed by atoms with Crippen LogP contribution in [0.15, 0.2) is 52.1 Å². The van der Waals surface area contributed by atoms with Gasteiger partial charge in [0.1, 0.15) is 5.82 Å². The van der Waals surface area contributed by atoms with E-state index in [-0.39, 0.29) is 35.8 Å². The van der Waals surface area contributed by atoms with Crippen LogP contribution < -0.4 is 16.6 Å². The molecule has 0 saturated heterocycles. The lowest BCUT2D eigenvalue weighted by atomic mass is 10.1. The zero-order valence-electron chi connectivity index (χ0n) is 15.5. The molecule has 2 aromatic carbocycles. The molecule has 0 unspecified atom stereocenters. The number of imidazole rings is 1. The molecule has 0 fully saturated rings. The van der Waals surface area contributed by atoms with Gasteiger partial charge in [-0.3, -0.25) is 14.7 Å². The van der Waals surface area contributed by atoms with Crippen LogP contribution in [0.3, 0.4) is 0 Å². The fourth-order valence-electron chi connectivity index (χ4n) is 3.22. The summed E-state index contributed by atoms with van der Waals surface area (Å²) in [5.74, 6) is -0.639. The van der Waals surface area contributed by atoms with Crippen LogP contribution in [0.5, 0.6) is 0 Å². The van der Waals surface area contributed by atoms with Crippen LogP contribution >= 0.6 is 0 Å². The van der Waals surface area contributed by atoms with E-state index in [1.54, 1.807) is 25.1 Å². The van der Waals surface area contributed by atoms with Crippen LogP contribution in [-0.4, -0.2) is 25.7 Å². The van der Waals surface area contributed by atoms with Crippen molar-refractivity contribution in [2.75, 3.05) is 5.32 Å². The third-order valence-electron chi connectivity index (χ3n) is 4.68. The lowest BCUT2D eigenvalue weighted by Crippen LogP contribution is -2.19. The van der Waals surface area contributed by atoms with Crippen LogP contribution in [0, 0.1) is 12.7 Å². The second-order valence-electron chi connectivity index (χ2n) is 6.72. The first kappa shape index (κ1) is 18.5. The molecular weight excluding hydrogens is 377 g/mol. The molecule has 4 aromatic rings. The van der Waals surface area contributed by atoms with Gasteiger partial charge in [-0.25, -0.2) is 13.9 Å². The molecule has 148 valence electrons. The third-order valence-corrected chi connectivity index (χ3v) is 4.68. The highest BCUT2D eigenvalue weighted by atomic mass is 19.1. The van der Waals surface area contributed by atoms with E-state index in [9.17, 15) is 18.8 Å². The summed E-state index contributed by atoms with van der Waals surface area (Å²) in [6.07, 6.45) is 0.365. The number of nitrogens with zero attached hydrogens (tertiary/aromatic N) is 1. The van der Waals surface area contributed by atoms with Crippen molar-refractivity contribution < 1.29 is 9.18 Å². The number of aromatic nitrogens is 4. The van der Waals surface area contributed by atoms with Gasteiger partial charge < -0.3 is 15.3 Å². The van der Waals surface area contributed by atoms with Crippen LogP contribution in [0.4, 0.5) is 10.1 Å².